The lowest BCUT2D eigenvalue weighted by Crippen LogP contribution is -2.38. The first kappa shape index (κ1) is 16.1. The maximum Gasteiger partial charge on any atom is 0.181 e. The van der Waals surface area contributed by atoms with Gasteiger partial charge in [0.2, 0.25) is 0 Å². The minimum Gasteiger partial charge on any atom is -0.299 e. The number of hydrogen-bond acceptors (Lipinski definition) is 4. The lowest BCUT2D eigenvalue weighted by atomic mass is 10.1. The number of benzene rings is 1. The fourth-order valence-electron chi connectivity index (χ4n) is 3.05. The zero-order valence-electron chi connectivity index (χ0n) is 13.4. The summed E-state index contributed by atoms with van der Waals surface area (Å²) < 4.78 is 25.5. The van der Waals surface area contributed by atoms with Gasteiger partial charge in [0.1, 0.15) is 0 Å². The smallest absolute Gasteiger partial charge is 0.181 e. The van der Waals surface area contributed by atoms with Gasteiger partial charge in [-0.15, -0.1) is 0 Å². The van der Waals surface area contributed by atoms with Crippen molar-refractivity contribution in [1.29, 1.82) is 0 Å². The molecular weight excluding hydrogens is 308 g/mol. The second kappa shape index (κ2) is 6.81. The SMILES string of the molecule is Cc1ccc(S(=O)(=O)C2CCN(Cc3cccnc3)CC2)cc1. The van der Waals surface area contributed by atoms with Crippen molar-refractivity contribution in [2.24, 2.45) is 0 Å². The fraction of sp³-hybridized carbons (Fsp3) is 0.389. The average molecular weight is 330 g/mol. The summed E-state index contributed by atoms with van der Waals surface area (Å²) in [4.78, 5) is 6.88. The summed E-state index contributed by atoms with van der Waals surface area (Å²) in [6.07, 6.45) is 5.02. The Kier molecular flexibility index (Phi) is 4.78. The van der Waals surface area contributed by atoms with Crippen molar-refractivity contribution in [2.45, 2.75) is 36.5 Å². The molecule has 0 unspecified atom stereocenters. The largest absolute Gasteiger partial charge is 0.299 e. The second-order valence-corrected chi connectivity index (χ2v) is 8.42. The predicted molar refractivity (Wildman–Crippen MR) is 90.9 cm³/mol. The van der Waals surface area contributed by atoms with E-state index in [2.05, 4.69) is 16.0 Å². The zero-order valence-corrected chi connectivity index (χ0v) is 14.2. The summed E-state index contributed by atoms with van der Waals surface area (Å²) in [5.41, 5.74) is 2.25. The Morgan fingerprint density at radius 3 is 2.43 bits per heavy atom. The Bertz CT molecular complexity index is 734. The van der Waals surface area contributed by atoms with Crippen LogP contribution in [-0.4, -0.2) is 36.6 Å². The van der Waals surface area contributed by atoms with E-state index < -0.39 is 9.84 Å². The van der Waals surface area contributed by atoms with E-state index in [1.165, 1.54) is 5.56 Å². The van der Waals surface area contributed by atoms with Crippen molar-refractivity contribution in [3.63, 3.8) is 0 Å². The Labute approximate surface area is 138 Å². The molecular formula is C18H22N2O2S. The van der Waals surface area contributed by atoms with E-state index in [0.717, 1.165) is 25.2 Å². The quantitative estimate of drug-likeness (QED) is 0.865. The standard InChI is InChI=1S/C18H22N2O2S/c1-15-4-6-17(7-5-15)23(21,22)18-8-11-20(12-9-18)14-16-3-2-10-19-13-16/h2-7,10,13,18H,8-9,11-12,14H2,1H3. The van der Waals surface area contributed by atoms with Crippen LogP contribution >= 0.6 is 0 Å². The first-order chi connectivity index (χ1) is 11.1. The van der Waals surface area contributed by atoms with Crippen LogP contribution in [0.4, 0.5) is 0 Å². The number of pyridine rings is 1. The summed E-state index contributed by atoms with van der Waals surface area (Å²) in [7, 11) is -3.21. The first-order valence-corrected chi connectivity index (χ1v) is 9.52. The van der Waals surface area contributed by atoms with Gasteiger partial charge >= 0.3 is 0 Å². The van der Waals surface area contributed by atoms with Crippen LogP contribution in [0.5, 0.6) is 0 Å². The third-order valence-electron chi connectivity index (χ3n) is 4.45. The zero-order chi connectivity index (χ0) is 16.3. The molecule has 0 aliphatic carbocycles. The van der Waals surface area contributed by atoms with Crippen molar-refractivity contribution in [2.75, 3.05) is 13.1 Å². The van der Waals surface area contributed by atoms with Gasteiger partial charge in [0.05, 0.1) is 10.1 Å². The predicted octanol–water partition coefficient (Wildman–Crippen LogP) is 2.83. The van der Waals surface area contributed by atoms with E-state index in [9.17, 15) is 8.42 Å². The molecule has 122 valence electrons. The molecule has 4 nitrogen and oxygen atoms in total. The molecule has 0 amide bonds. The number of nitrogens with zero attached hydrogens (tertiary/aromatic N) is 2. The fourth-order valence-corrected chi connectivity index (χ4v) is 4.78. The summed E-state index contributed by atoms with van der Waals surface area (Å²) in [5, 5.41) is -0.268. The number of hydrogen-bond donors (Lipinski definition) is 0. The van der Waals surface area contributed by atoms with Gasteiger partial charge in [-0.05, 0) is 56.6 Å². The number of likely N-dealkylation sites (tertiary alicyclic amines) is 1. The maximum absolute atomic E-state index is 12.7. The molecule has 2 aromatic rings. The van der Waals surface area contributed by atoms with Gasteiger partial charge in [-0.1, -0.05) is 23.8 Å². The van der Waals surface area contributed by atoms with Gasteiger partial charge < -0.3 is 0 Å². The summed E-state index contributed by atoms with van der Waals surface area (Å²) in [5.74, 6) is 0. The van der Waals surface area contributed by atoms with Crippen LogP contribution in [0.25, 0.3) is 0 Å². The highest BCUT2D eigenvalue weighted by molar-refractivity contribution is 7.92. The molecule has 1 aromatic heterocycles. The number of aromatic nitrogens is 1. The van der Waals surface area contributed by atoms with Crippen molar-refractivity contribution in [3.8, 4) is 0 Å². The van der Waals surface area contributed by atoms with Crippen LogP contribution in [0.3, 0.4) is 0 Å². The molecule has 3 rings (SSSR count). The highest BCUT2D eigenvalue weighted by Gasteiger charge is 2.31. The van der Waals surface area contributed by atoms with Crippen molar-refractivity contribution < 1.29 is 8.42 Å². The highest BCUT2D eigenvalue weighted by atomic mass is 32.2. The molecule has 1 aliphatic heterocycles. The third-order valence-corrected chi connectivity index (χ3v) is 6.73. The van der Waals surface area contributed by atoms with Crippen LogP contribution in [0, 0.1) is 6.92 Å². The molecule has 1 fully saturated rings. The lowest BCUT2D eigenvalue weighted by molar-refractivity contribution is 0.222. The molecule has 1 saturated heterocycles. The second-order valence-electron chi connectivity index (χ2n) is 6.19. The van der Waals surface area contributed by atoms with E-state index in [0.29, 0.717) is 17.7 Å². The van der Waals surface area contributed by atoms with E-state index in [1.54, 1.807) is 18.3 Å². The monoisotopic (exact) mass is 330 g/mol. The minimum atomic E-state index is -3.21. The molecule has 0 N–H and O–H groups in total. The molecule has 23 heavy (non-hydrogen) atoms. The molecule has 0 spiro atoms. The van der Waals surface area contributed by atoms with Crippen molar-refractivity contribution in [1.82, 2.24) is 9.88 Å². The Balaban J connectivity index is 1.63. The normalized spacial score (nSPS) is 17.3. The minimum absolute atomic E-state index is 0.268. The third kappa shape index (κ3) is 3.79. The van der Waals surface area contributed by atoms with Crippen LogP contribution in [-0.2, 0) is 16.4 Å². The van der Waals surface area contributed by atoms with E-state index in [-0.39, 0.29) is 5.25 Å². The average Bonchev–Trinajstić information content (AvgIpc) is 2.57. The molecule has 0 radical (unpaired) electrons. The van der Waals surface area contributed by atoms with Gasteiger partial charge in [0.25, 0.3) is 0 Å². The number of aryl methyl sites for hydroxylation is 1. The Morgan fingerprint density at radius 1 is 1.13 bits per heavy atom. The number of piperidine rings is 1. The highest BCUT2D eigenvalue weighted by Crippen LogP contribution is 2.25. The van der Waals surface area contributed by atoms with Gasteiger partial charge in [-0.25, -0.2) is 8.42 Å². The van der Waals surface area contributed by atoms with Crippen molar-refractivity contribution >= 4 is 9.84 Å². The van der Waals surface area contributed by atoms with E-state index >= 15 is 0 Å². The van der Waals surface area contributed by atoms with Gasteiger partial charge in [-0.2, -0.15) is 0 Å². The topological polar surface area (TPSA) is 50.3 Å². The van der Waals surface area contributed by atoms with Crippen LogP contribution in [0.1, 0.15) is 24.0 Å². The molecule has 5 heteroatoms. The van der Waals surface area contributed by atoms with Crippen LogP contribution < -0.4 is 0 Å². The summed E-state index contributed by atoms with van der Waals surface area (Å²) in [6.45, 7) is 4.42. The maximum atomic E-state index is 12.7. The molecule has 1 aliphatic rings. The van der Waals surface area contributed by atoms with Crippen molar-refractivity contribution in [3.05, 3.63) is 59.9 Å². The lowest BCUT2D eigenvalue weighted by Gasteiger charge is -2.31. The van der Waals surface area contributed by atoms with Gasteiger partial charge in [-0.3, -0.25) is 9.88 Å². The van der Waals surface area contributed by atoms with E-state index in [1.807, 2.05) is 31.3 Å². The molecule has 2 heterocycles. The molecule has 0 atom stereocenters. The first-order valence-electron chi connectivity index (χ1n) is 7.97. The van der Waals surface area contributed by atoms with Gasteiger partial charge in [0, 0.05) is 18.9 Å². The van der Waals surface area contributed by atoms with E-state index in [4.69, 9.17) is 0 Å². The molecule has 0 saturated carbocycles. The van der Waals surface area contributed by atoms with Crippen LogP contribution in [0.2, 0.25) is 0 Å². The number of sulfone groups is 1. The Hall–Kier alpha value is -1.72. The molecule has 1 aromatic carbocycles. The number of rotatable bonds is 4. The van der Waals surface area contributed by atoms with Gasteiger partial charge in [0.15, 0.2) is 9.84 Å². The Morgan fingerprint density at radius 2 is 1.83 bits per heavy atom. The summed E-state index contributed by atoms with van der Waals surface area (Å²) >= 11 is 0. The molecule has 0 bridgehead atoms. The van der Waals surface area contributed by atoms with Crippen LogP contribution in [0.15, 0.2) is 53.7 Å². The summed E-state index contributed by atoms with van der Waals surface area (Å²) in [6, 6.07) is 11.2.